The summed E-state index contributed by atoms with van der Waals surface area (Å²) < 4.78 is 0. The van der Waals surface area contributed by atoms with Gasteiger partial charge in [-0.2, -0.15) is 0 Å². The molecule has 0 bridgehead atoms. The molecule has 1 aliphatic rings. The van der Waals surface area contributed by atoms with Gasteiger partial charge in [-0.1, -0.05) is 18.9 Å². The van der Waals surface area contributed by atoms with Crippen LogP contribution in [0.2, 0.25) is 0 Å². The third-order valence-corrected chi connectivity index (χ3v) is 2.14. The molecule has 0 aromatic heterocycles. The van der Waals surface area contributed by atoms with Crippen LogP contribution in [-0.2, 0) is 4.79 Å². The lowest BCUT2D eigenvalue weighted by Gasteiger charge is -2.08. The van der Waals surface area contributed by atoms with E-state index in [2.05, 4.69) is 5.32 Å². The van der Waals surface area contributed by atoms with Crippen LogP contribution in [0.15, 0.2) is 12.2 Å². The average molecular weight is 169 g/mol. The van der Waals surface area contributed by atoms with Gasteiger partial charge >= 0.3 is 5.97 Å². The van der Waals surface area contributed by atoms with Gasteiger partial charge in [0, 0.05) is 18.7 Å². The second-order valence-corrected chi connectivity index (χ2v) is 3.13. The second kappa shape index (κ2) is 4.93. The first-order valence-corrected chi connectivity index (χ1v) is 4.42. The van der Waals surface area contributed by atoms with Gasteiger partial charge in [-0.3, -0.25) is 0 Å². The molecule has 1 aliphatic carbocycles. The maximum absolute atomic E-state index is 10.1. The van der Waals surface area contributed by atoms with E-state index in [4.69, 9.17) is 5.11 Å². The first-order chi connectivity index (χ1) is 5.79. The van der Waals surface area contributed by atoms with Crippen molar-refractivity contribution in [2.45, 2.75) is 31.7 Å². The van der Waals surface area contributed by atoms with E-state index in [1.165, 1.54) is 31.8 Å². The van der Waals surface area contributed by atoms with Gasteiger partial charge in [-0.15, -0.1) is 0 Å². The van der Waals surface area contributed by atoms with Crippen LogP contribution in [0.4, 0.5) is 0 Å². The highest BCUT2D eigenvalue weighted by Gasteiger charge is 2.12. The SMILES string of the molecule is O=C(O)/C=C/CNC1CCCC1. The largest absolute Gasteiger partial charge is 0.478 e. The van der Waals surface area contributed by atoms with Crippen LogP contribution >= 0.6 is 0 Å². The van der Waals surface area contributed by atoms with Crippen LogP contribution in [0, 0.1) is 0 Å². The molecule has 68 valence electrons. The van der Waals surface area contributed by atoms with E-state index < -0.39 is 5.97 Å². The molecule has 2 N–H and O–H groups in total. The summed E-state index contributed by atoms with van der Waals surface area (Å²) in [7, 11) is 0. The molecule has 1 rings (SSSR count). The zero-order valence-corrected chi connectivity index (χ0v) is 7.12. The molecule has 1 fully saturated rings. The van der Waals surface area contributed by atoms with Crippen LogP contribution < -0.4 is 5.32 Å². The molecule has 0 unspecified atom stereocenters. The van der Waals surface area contributed by atoms with Gasteiger partial charge in [0.05, 0.1) is 0 Å². The van der Waals surface area contributed by atoms with Crippen molar-refractivity contribution in [1.29, 1.82) is 0 Å². The fourth-order valence-corrected chi connectivity index (χ4v) is 1.52. The van der Waals surface area contributed by atoms with Crippen LogP contribution in [0.3, 0.4) is 0 Å². The second-order valence-electron chi connectivity index (χ2n) is 3.13. The van der Waals surface area contributed by atoms with Crippen LogP contribution in [0.25, 0.3) is 0 Å². The summed E-state index contributed by atoms with van der Waals surface area (Å²) in [5.41, 5.74) is 0. The number of hydrogen-bond donors (Lipinski definition) is 2. The Kier molecular flexibility index (Phi) is 3.80. The summed E-state index contributed by atoms with van der Waals surface area (Å²) in [5, 5.41) is 11.6. The molecule has 0 aliphatic heterocycles. The molecular formula is C9H15NO2. The Labute approximate surface area is 72.5 Å². The summed E-state index contributed by atoms with van der Waals surface area (Å²) in [5.74, 6) is -0.872. The van der Waals surface area contributed by atoms with Gasteiger partial charge in [-0.05, 0) is 12.8 Å². The van der Waals surface area contributed by atoms with Crippen molar-refractivity contribution < 1.29 is 9.90 Å². The van der Waals surface area contributed by atoms with E-state index in [0.717, 1.165) is 0 Å². The third-order valence-electron chi connectivity index (χ3n) is 2.14. The van der Waals surface area contributed by atoms with E-state index in [-0.39, 0.29) is 0 Å². The van der Waals surface area contributed by atoms with Crippen molar-refractivity contribution in [2.75, 3.05) is 6.54 Å². The molecule has 0 heterocycles. The number of rotatable bonds is 4. The van der Waals surface area contributed by atoms with Crippen molar-refractivity contribution >= 4 is 5.97 Å². The van der Waals surface area contributed by atoms with Gasteiger partial charge < -0.3 is 10.4 Å². The lowest BCUT2D eigenvalue weighted by Crippen LogP contribution is -2.25. The minimum atomic E-state index is -0.872. The first kappa shape index (κ1) is 9.26. The number of carbonyl (C=O) groups is 1. The number of nitrogens with one attached hydrogen (secondary N) is 1. The van der Waals surface area contributed by atoms with Gasteiger partial charge in [-0.25, -0.2) is 4.79 Å². The molecule has 0 amide bonds. The van der Waals surface area contributed by atoms with Crippen molar-refractivity contribution in [3.63, 3.8) is 0 Å². The molecule has 0 spiro atoms. The smallest absolute Gasteiger partial charge is 0.328 e. The molecule has 3 heteroatoms. The lowest BCUT2D eigenvalue weighted by molar-refractivity contribution is -0.131. The predicted octanol–water partition coefficient (Wildman–Crippen LogP) is 1.16. The number of aliphatic carboxylic acids is 1. The van der Waals surface area contributed by atoms with Gasteiger partial charge in [0.15, 0.2) is 0 Å². The molecule has 12 heavy (non-hydrogen) atoms. The maximum atomic E-state index is 10.1. The maximum Gasteiger partial charge on any atom is 0.328 e. The fraction of sp³-hybridized carbons (Fsp3) is 0.667. The van der Waals surface area contributed by atoms with Crippen molar-refractivity contribution in [2.24, 2.45) is 0 Å². The summed E-state index contributed by atoms with van der Waals surface area (Å²) in [6.07, 6.45) is 7.92. The normalized spacial score (nSPS) is 19.0. The van der Waals surface area contributed by atoms with Crippen molar-refractivity contribution in [3.8, 4) is 0 Å². The summed E-state index contributed by atoms with van der Waals surface area (Å²) in [4.78, 5) is 10.1. The Balaban J connectivity index is 2.05. The van der Waals surface area contributed by atoms with E-state index in [0.29, 0.717) is 12.6 Å². The zero-order valence-electron chi connectivity index (χ0n) is 7.12. The Morgan fingerprint density at radius 3 is 2.75 bits per heavy atom. The van der Waals surface area contributed by atoms with E-state index in [1.807, 2.05) is 0 Å². The minimum Gasteiger partial charge on any atom is -0.478 e. The zero-order chi connectivity index (χ0) is 8.81. The summed E-state index contributed by atoms with van der Waals surface area (Å²) in [6, 6.07) is 0.614. The first-order valence-electron chi connectivity index (χ1n) is 4.42. The molecule has 0 saturated heterocycles. The summed E-state index contributed by atoms with van der Waals surface area (Å²) in [6.45, 7) is 0.678. The Bertz CT molecular complexity index is 171. The number of hydrogen-bond acceptors (Lipinski definition) is 2. The average Bonchev–Trinajstić information content (AvgIpc) is 2.49. The quantitative estimate of drug-likeness (QED) is 0.621. The van der Waals surface area contributed by atoms with Gasteiger partial charge in [0.2, 0.25) is 0 Å². The van der Waals surface area contributed by atoms with Crippen molar-refractivity contribution in [3.05, 3.63) is 12.2 Å². The third kappa shape index (κ3) is 3.53. The van der Waals surface area contributed by atoms with E-state index >= 15 is 0 Å². The standard InChI is InChI=1S/C9H15NO2/c11-9(12)6-3-7-10-8-4-1-2-5-8/h3,6,8,10H,1-2,4-5,7H2,(H,11,12)/b6-3+. The molecular weight excluding hydrogens is 154 g/mol. The van der Waals surface area contributed by atoms with Crippen LogP contribution in [0.5, 0.6) is 0 Å². The molecule has 1 saturated carbocycles. The number of carboxylic acids is 1. The minimum absolute atomic E-state index is 0.614. The fourth-order valence-electron chi connectivity index (χ4n) is 1.52. The summed E-state index contributed by atoms with van der Waals surface area (Å²) >= 11 is 0. The molecule has 3 nitrogen and oxygen atoms in total. The van der Waals surface area contributed by atoms with E-state index in [9.17, 15) is 4.79 Å². The van der Waals surface area contributed by atoms with Crippen LogP contribution in [0.1, 0.15) is 25.7 Å². The van der Waals surface area contributed by atoms with Gasteiger partial charge in [0.1, 0.15) is 0 Å². The van der Waals surface area contributed by atoms with Crippen LogP contribution in [-0.4, -0.2) is 23.7 Å². The Hall–Kier alpha value is -0.830. The Morgan fingerprint density at radius 2 is 2.17 bits per heavy atom. The highest BCUT2D eigenvalue weighted by molar-refractivity contribution is 5.79. The highest BCUT2D eigenvalue weighted by Crippen LogP contribution is 2.17. The molecule has 0 aromatic rings. The lowest BCUT2D eigenvalue weighted by atomic mass is 10.2. The monoisotopic (exact) mass is 169 g/mol. The van der Waals surface area contributed by atoms with E-state index in [1.54, 1.807) is 6.08 Å². The molecule has 0 atom stereocenters. The van der Waals surface area contributed by atoms with Crippen molar-refractivity contribution in [1.82, 2.24) is 5.32 Å². The highest BCUT2D eigenvalue weighted by atomic mass is 16.4. The Morgan fingerprint density at radius 1 is 1.50 bits per heavy atom. The topological polar surface area (TPSA) is 49.3 Å². The predicted molar refractivity (Wildman–Crippen MR) is 47.0 cm³/mol. The number of carboxylic acid groups (broad SMARTS) is 1. The molecule has 0 aromatic carbocycles. The van der Waals surface area contributed by atoms with Gasteiger partial charge in [0.25, 0.3) is 0 Å². The molecule has 0 radical (unpaired) electrons.